The average Bonchev–Trinajstić information content (AvgIpc) is 2.37. The second-order valence-corrected chi connectivity index (χ2v) is 6.32. The lowest BCUT2D eigenvalue weighted by Crippen LogP contribution is -2.38. The fourth-order valence-corrected chi connectivity index (χ4v) is 3.01. The molecule has 104 valence electrons. The van der Waals surface area contributed by atoms with Crippen molar-refractivity contribution in [3.8, 4) is 0 Å². The molecule has 5 heteroatoms. The number of anilines is 1. The van der Waals surface area contributed by atoms with Crippen LogP contribution in [0.3, 0.4) is 0 Å². The van der Waals surface area contributed by atoms with E-state index in [1.54, 1.807) is 0 Å². The van der Waals surface area contributed by atoms with Gasteiger partial charge in [-0.15, -0.1) is 0 Å². The van der Waals surface area contributed by atoms with Gasteiger partial charge in [-0.1, -0.05) is 13.8 Å². The number of nitrogens with zero attached hydrogens (tertiary/aromatic N) is 3. The predicted molar refractivity (Wildman–Crippen MR) is 74.1 cm³/mol. The average molecular weight is 262 g/mol. The molecule has 1 fully saturated rings. The molecule has 2 N–H and O–H groups in total. The normalized spacial score (nSPS) is 26.1. The van der Waals surface area contributed by atoms with Gasteiger partial charge in [0.15, 0.2) is 0 Å². The topological polar surface area (TPSA) is 64.3 Å². The second kappa shape index (κ2) is 4.72. The Morgan fingerprint density at radius 3 is 2.84 bits per heavy atom. The summed E-state index contributed by atoms with van der Waals surface area (Å²) in [4.78, 5) is 11.4. The highest BCUT2D eigenvalue weighted by Gasteiger charge is 2.32. The van der Waals surface area contributed by atoms with E-state index in [-0.39, 0.29) is 11.5 Å². The third-order valence-corrected chi connectivity index (χ3v) is 4.00. The van der Waals surface area contributed by atoms with Gasteiger partial charge in [0.1, 0.15) is 0 Å². The van der Waals surface area contributed by atoms with E-state index in [4.69, 9.17) is 15.5 Å². The van der Waals surface area contributed by atoms with E-state index in [1.165, 1.54) is 0 Å². The molecule has 1 aromatic rings. The molecule has 0 spiro atoms. The van der Waals surface area contributed by atoms with Crippen LogP contribution in [-0.4, -0.2) is 36.3 Å². The Hall–Kier alpha value is -1.20. The maximum Gasteiger partial charge on any atom is 0.225 e. The molecule has 0 radical (unpaired) electrons. The lowest BCUT2D eigenvalue weighted by atomic mass is 9.74. The third kappa shape index (κ3) is 2.58. The SMILES string of the molecule is CC1(C)Cc2nc(N3CCOCC3)ncc2[C@@H](N)C1. The van der Waals surface area contributed by atoms with Gasteiger partial charge in [-0.25, -0.2) is 9.97 Å². The maximum atomic E-state index is 6.24. The maximum absolute atomic E-state index is 6.24. The van der Waals surface area contributed by atoms with E-state index >= 15 is 0 Å². The van der Waals surface area contributed by atoms with Crippen LogP contribution in [0, 0.1) is 5.41 Å². The molecule has 0 unspecified atom stereocenters. The molecular weight excluding hydrogens is 240 g/mol. The van der Waals surface area contributed by atoms with Crippen LogP contribution in [0.1, 0.15) is 37.6 Å². The number of hydrogen-bond donors (Lipinski definition) is 1. The standard InChI is InChI=1S/C14H22N4O/c1-14(2)7-11(15)10-9-16-13(17-12(10)8-14)18-3-5-19-6-4-18/h9,11H,3-8,15H2,1-2H3/t11-/m0/s1. The zero-order valence-electron chi connectivity index (χ0n) is 11.7. The van der Waals surface area contributed by atoms with Crippen LogP contribution in [0.15, 0.2) is 6.20 Å². The Bertz CT molecular complexity index is 469. The van der Waals surface area contributed by atoms with E-state index < -0.39 is 0 Å². The van der Waals surface area contributed by atoms with E-state index in [9.17, 15) is 0 Å². The van der Waals surface area contributed by atoms with Gasteiger partial charge in [0, 0.05) is 30.9 Å². The Kier molecular flexibility index (Phi) is 3.19. The fourth-order valence-electron chi connectivity index (χ4n) is 3.01. The first kappa shape index (κ1) is 12.8. The van der Waals surface area contributed by atoms with Crippen molar-refractivity contribution in [2.24, 2.45) is 11.1 Å². The van der Waals surface area contributed by atoms with Gasteiger partial charge in [0.25, 0.3) is 0 Å². The first-order valence-corrected chi connectivity index (χ1v) is 6.99. The molecule has 2 heterocycles. The summed E-state index contributed by atoms with van der Waals surface area (Å²) in [7, 11) is 0. The Labute approximate surface area is 114 Å². The monoisotopic (exact) mass is 262 g/mol. The second-order valence-electron chi connectivity index (χ2n) is 6.32. The Morgan fingerprint density at radius 2 is 2.11 bits per heavy atom. The Morgan fingerprint density at radius 1 is 1.37 bits per heavy atom. The number of morpholine rings is 1. The van der Waals surface area contributed by atoms with Crippen LogP contribution in [0.5, 0.6) is 0 Å². The number of hydrogen-bond acceptors (Lipinski definition) is 5. The van der Waals surface area contributed by atoms with Gasteiger partial charge in [-0.2, -0.15) is 0 Å². The summed E-state index contributed by atoms with van der Waals surface area (Å²) < 4.78 is 5.37. The summed E-state index contributed by atoms with van der Waals surface area (Å²) in [6.45, 7) is 7.76. The minimum Gasteiger partial charge on any atom is -0.378 e. The van der Waals surface area contributed by atoms with E-state index in [1.807, 2.05) is 6.20 Å². The first-order chi connectivity index (χ1) is 9.05. The molecule has 1 atom stereocenters. The molecule has 0 amide bonds. The van der Waals surface area contributed by atoms with E-state index in [0.717, 1.165) is 56.4 Å². The molecule has 1 aliphatic carbocycles. The molecule has 1 aliphatic heterocycles. The number of rotatable bonds is 1. The van der Waals surface area contributed by atoms with Crippen molar-refractivity contribution in [2.75, 3.05) is 31.2 Å². The molecule has 0 bridgehead atoms. The Balaban J connectivity index is 1.90. The number of nitrogens with two attached hydrogens (primary N) is 1. The van der Waals surface area contributed by atoms with E-state index in [0.29, 0.717) is 0 Å². The molecular formula is C14H22N4O. The van der Waals surface area contributed by atoms with Crippen LogP contribution in [0.4, 0.5) is 5.95 Å². The van der Waals surface area contributed by atoms with Crippen LogP contribution >= 0.6 is 0 Å². The van der Waals surface area contributed by atoms with Crippen LogP contribution in [0.25, 0.3) is 0 Å². The smallest absolute Gasteiger partial charge is 0.225 e. The highest BCUT2D eigenvalue weighted by Crippen LogP contribution is 2.38. The highest BCUT2D eigenvalue weighted by molar-refractivity contribution is 5.36. The number of aromatic nitrogens is 2. The van der Waals surface area contributed by atoms with Gasteiger partial charge in [0.2, 0.25) is 5.95 Å². The summed E-state index contributed by atoms with van der Waals surface area (Å²) in [6.07, 6.45) is 3.91. The van der Waals surface area contributed by atoms with Gasteiger partial charge in [-0.05, 0) is 18.3 Å². The zero-order chi connectivity index (χ0) is 13.5. The zero-order valence-corrected chi connectivity index (χ0v) is 11.7. The van der Waals surface area contributed by atoms with Crippen molar-refractivity contribution in [1.82, 2.24) is 9.97 Å². The predicted octanol–water partition coefficient (Wildman–Crippen LogP) is 1.29. The van der Waals surface area contributed by atoms with Crippen molar-refractivity contribution in [3.63, 3.8) is 0 Å². The quantitative estimate of drug-likeness (QED) is 0.826. The van der Waals surface area contributed by atoms with Crippen LogP contribution in [-0.2, 0) is 11.2 Å². The summed E-state index contributed by atoms with van der Waals surface area (Å²) >= 11 is 0. The van der Waals surface area contributed by atoms with Crippen molar-refractivity contribution in [2.45, 2.75) is 32.7 Å². The molecule has 3 rings (SSSR count). The molecule has 1 aromatic heterocycles. The van der Waals surface area contributed by atoms with E-state index in [2.05, 4.69) is 23.7 Å². The van der Waals surface area contributed by atoms with Crippen LogP contribution in [0.2, 0.25) is 0 Å². The highest BCUT2D eigenvalue weighted by atomic mass is 16.5. The molecule has 1 saturated heterocycles. The van der Waals surface area contributed by atoms with Crippen molar-refractivity contribution in [1.29, 1.82) is 0 Å². The van der Waals surface area contributed by atoms with Crippen molar-refractivity contribution >= 4 is 5.95 Å². The van der Waals surface area contributed by atoms with Crippen molar-refractivity contribution in [3.05, 3.63) is 17.5 Å². The molecule has 0 saturated carbocycles. The van der Waals surface area contributed by atoms with Crippen molar-refractivity contribution < 1.29 is 4.74 Å². The first-order valence-electron chi connectivity index (χ1n) is 6.99. The molecule has 0 aromatic carbocycles. The molecule has 5 nitrogen and oxygen atoms in total. The summed E-state index contributed by atoms with van der Waals surface area (Å²) in [5.41, 5.74) is 8.71. The summed E-state index contributed by atoms with van der Waals surface area (Å²) in [5, 5.41) is 0. The van der Waals surface area contributed by atoms with Gasteiger partial charge < -0.3 is 15.4 Å². The summed E-state index contributed by atoms with van der Waals surface area (Å²) in [6, 6.07) is 0.0671. The van der Waals surface area contributed by atoms with Gasteiger partial charge in [0.05, 0.1) is 18.9 Å². The largest absolute Gasteiger partial charge is 0.378 e. The van der Waals surface area contributed by atoms with Crippen LogP contribution < -0.4 is 10.6 Å². The molecule has 19 heavy (non-hydrogen) atoms. The van der Waals surface area contributed by atoms with Gasteiger partial charge >= 0.3 is 0 Å². The van der Waals surface area contributed by atoms with Gasteiger partial charge in [-0.3, -0.25) is 0 Å². The molecule has 2 aliphatic rings. The summed E-state index contributed by atoms with van der Waals surface area (Å²) in [5.74, 6) is 0.826. The third-order valence-electron chi connectivity index (χ3n) is 4.00. The lowest BCUT2D eigenvalue weighted by Gasteiger charge is -2.35. The number of ether oxygens (including phenoxy) is 1. The lowest BCUT2D eigenvalue weighted by molar-refractivity contribution is 0.122. The fraction of sp³-hybridized carbons (Fsp3) is 0.714. The minimum absolute atomic E-state index is 0.0671. The minimum atomic E-state index is 0.0671. The number of fused-ring (bicyclic) bond motifs is 1.